The normalized spacial score (nSPS) is 33.2. The monoisotopic (exact) mass is 575 g/mol. The second-order valence-electron chi connectivity index (χ2n) is 11.8. The van der Waals surface area contributed by atoms with Gasteiger partial charge in [0, 0.05) is 24.8 Å². The topological polar surface area (TPSA) is 120 Å². The molecule has 9 nitrogen and oxygen atoms in total. The highest BCUT2D eigenvalue weighted by Crippen LogP contribution is 2.33. The molecule has 2 fully saturated rings. The number of nitrogens with one attached hydrogen (secondary N) is 1. The fraction of sp³-hybridized carbons (Fsp3) is 0.719. The molecular weight excluding hydrogens is 526 g/mol. The summed E-state index contributed by atoms with van der Waals surface area (Å²) in [5, 5.41) is 8.60. The van der Waals surface area contributed by atoms with Crippen molar-refractivity contribution in [3.05, 3.63) is 36.0 Å². The highest BCUT2D eigenvalue weighted by molar-refractivity contribution is 5.82. The van der Waals surface area contributed by atoms with Gasteiger partial charge in [-0.25, -0.2) is 10.3 Å². The number of hydrogen-bond donors (Lipinski definition) is 2. The number of ether oxygens (including phenoxy) is 4. The van der Waals surface area contributed by atoms with E-state index in [2.05, 4.69) is 26.0 Å². The molecule has 7 atom stereocenters. The van der Waals surface area contributed by atoms with Gasteiger partial charge in [0.1, 0.15) is 6.10 Å². The second kappa shape index (κ2) is 17.5. The summed E-state index contributed by atoms with van der Waals surface area (Å²) in [7, 11) is 1.37. The highest BCUT2D eigenvalue weighted by Gasteiger charge is 2.33. The minimum absolute atomic E-state index is 0.0198. The Morgan fingerprint density at radius 2 is 1.73 bits per heavy atom. The molecule has 7 unspecified atom stereocenters. The molecule has 230 valence electrons. The van der Waals surface area contributed by atoms with Crippen molar-refractivity contribution in [2.24, 2.45) is 11.8 Å². The minimum atomic E-state index is -0.418. The lowest BCUT2D eigenvalue weighted by atomic mass is 9.89. The Morgan fingerprint density at radius 3 is 2.49 bits per heavy atom. The van der Waals surface area contributed by atoms with Gasteiger partial charge >= 0.3 is 11.9 Å². The summed E-state index contributed by atoms with van der Waals surface area (Å²) < 4.78 is 23.8. The predicted octanol–water partition coefficient (Wildman–Crippen LogP) is 5.51. The van der Waals surface area contributed by atoms with Crippen LogP contribution in [0.2, 0.25) is 0 Å². The second-order valence-corrected chi connectivity index (χ2v) is 11.8. The third kappa shape index (κ3) is 12.1. The van der Waals surface area contributed by atoms with E-state index < -0.39 is 12.1 Å². The number of rotatable bonds is 8. The molecule has 4 bridgehead atoms. The van der Waals surface area contributed by atoms with Crippen molar-refractivity contribution in [2.45, 2.75) is 128 Å². The zero-order valence-corrected chi connectivity index (χ0v) is 24.9. The van der Waals surface area contributed by atoms with Gasteiger partial charge in [0.2, 0.25) is 5.91 Å². The molecule has 0 aromatic rings. The lowest BCUT2D eigenvalue weighted by Crippen LogP contribution is -2.37. The Balaban J connectivity index is 1.72. The number of carbonyl (C=O) groups excluding carboxylic acids is 3. The number of carbonyl (C=O) groups is 3. The summed E-state index contributed by atoms with van der Waals surface area (Å²) in [5.41, 5.74) is 2.58. The number of unbranched alkanes of at least 4 members (excludes halogenated alkanes) is 3. The van der Waals surface area contributed by atoms with Crippen LogP contribution in [0.4, 0.5) is 0 Å². The van der Waals surface area contributed by atoms with Crippen LogP contribution in [-0.4, -0.2) is 60.7 Å². The number of fused-ring (bicyclic) bond motifs is 4. The molecule has 41 heavy (non-hydrogen) atoms. The van der Waals surface area contributed by atoms with Crippen molar-refractivity contribution in [1.29, 1.82) is 0 Å². The molecule has 0 aromatic carbocycles. The first-order valence-corrected chi connectivity index (χ1v) is 15.3. The average molecular weight is 576 g/mol. The molecule has 9 heteroatoms. The Bertz CT molecular complexity index is 944. The first-order valence-electron chi connectivity index (χ1n) is 15.3. The van der Waals surface area contributed by atoms with E-state index in [0.717, 1.165) is 56.9 Å². The van der Waals surface area contributed by atoms with Crippen molar-refractivity contribution in [1.82, 2.24) is 5.48 Å². The van der Waals surface area contributed by atoms with Gasteiger partial charge in [0.25, 0.3) is 0 Å². The molecule has 0 radical (unpaired) electrons. The molecule has 0 aliphatic carbocycles. The third-order valence-corrected chi connectivity index (χ3v) is 8.13. The summed E-state index contributed by atoms with van der Waals surface area (Å²) in [4.78, 5) is 36.3. The van der Waals surface area contributed by atoms with Gasteiger partial charge in [0.05, 0.1) is 37.9 Å². The number of cyclic esters (lactones) is 1. The lowest BCUT2D eigenvalue weighted by Gasteiger charge is -2.37. The average Bonchev–Trinajstić information content (AvgIpc) is 2.94. The van der Waals surface area contributed by atoms with Crippen LogP contribution in [0.25, 0.3) is 0 Å². The van der Waals surface area contributed by atoms with E-state index in [-0.39, 0.29) is 48.6 Å². The van der Waals surface area contributed by atoms with E-state index in [1.807, 2.05) is 12.2 Å². The number of allylic oxidation sites excluding steroid dienone is 2. The van der Waals surface area contributed by atoms with Crippen molar-refractivity contribution in [3.63, 3.8) is 0 Å². The van der Waals surface area contributed by atoms with Crippen LogP contribution < -0.4 is 5.48 Å². The van der Waals surface area contributed by atoms with E-state index >= 15 is 0 Å². The zero-order valence-electron chi connectivity index (χ0n) is 24.9. The lowest BCUT2D eigenvalue weighted by molar-refractivity contribution is -0.154. The van der Waals surface area contributed by atoms with E-state index in [9.17, 15) is 14.4 Å². The Morgan fingerprint density at radius 1 is 1.00 bits per heavy atom. The summed E-state index contributed by atoms with van der Waals surface area (Å²) >= 11 is 0. The highest BCUT2D eigenvalue weighted by atomic mass is 16.6. The molecule has 0 spiro atoms. The van der Waals surface area contributed by atoms with Crippen molar-refractivity contribution in [2.75, 3.05) is 7.11 Å². The molecule has 0 aromatic heterocycles. The first kappa shape index (κ1) is 33.0. The third-order valence-electron chi connectivity index (χ3n) is 8.13. The molecule has 3 heterocycles. The number of amides is 1. The largest absolute Gasteiger partial charge is 0.466 e. The summed E-state index contributed by atoms with van der Waals surface area (Å²) in [6.45, 7) is 4.26. The zero-order chi connectivity index (χ0) is 29.6. The molecule has 2 N–H and O–H groups in total. The maximum absolute atomic E-state index is 13.2. The summed E-state index contributed by atoms with van der Waals surface area (Å²) in [5.74, 6) is -0.782. The van der Waals surface area contributed by atoms with Crippen molar-refractivity contribution < 1.29 is 38.5 Å². The SMILES string of the molecule is COC(=O)/C=C1\CC2CC(=O)OC(/C=C/CCCCCC(=O)NO)C(C)/C=C/C(C)CC3CCCC(CC(C1)O2)O3. The number of hydrogen-bond acceptors (Lipinski definition) is 8. The molecule has 3 rings (SSSR count). The van der Waals surface area contributed by atoms with Crippen LogP contribution >= 0.6 is 0 Å². The first-order chi connectivity index (χ1) is 19.7. The van der Waals surface area contributed by atoms with Gasteiger partial charge in [-0.15, -0.1) is 0 Å². The van der Waals surface area contributed by atoms with E-state index in [1.54, 1.807) is 5.48 Å². The van der Waals surface area contributed by atoms with Crippen LogP contribution in [0.1, 0.15) is 97.3 Å². The fourth-order valence-corrected chi connectivity index (χ4v) is 5.95. The fourth-order valence-electron chi connectivity index (χ4n) is 5.95. The van der Waals surface area contributed by atoms with Crippen LogP contribution in [0, 0.1) is 11.8 Å². The van der Waals surface area contributed by atoms with Crippen molar-refractivity contribution in [3.8, 4) is 0 Å². The number of esters is 2. The Labute approximate surface area is 244 Å². The molecule has 1 amide bonds. The number of hydroxylamine groups is 1. The molecule has 2 saturated heterocycles. The van der Waals surface area contributed by atoms with Gasteiger partial charge in [-0.1, -0.05) is 44.1 Å². The molecule has 3 aliphatic heterocycles. The quantitative estimate of drug-likeness (QED) is 0.0971. The van der Waals surface area contributed by atoms with Crippen LogP contribution in [0.3, 0.4) is 0 Å². The van der Waals surface area contributed by atoms with E-state index in [4.69, 9.17) is 24.2 Å². The standard InChI is InChI=1S/C32H49NO8/c1-22-14-15-23(2)29(12-7-5-4-6-8-13-30(34)33-37)41-32(36)21-28-18-24(19-31(35)38-3)17-27(40-28)20-26-11-9-10-25(16-22)39-26/h7,12,14-15,19,22-23,25-29,37H,4-6,8-11,13,16-18,20-21H2,1-3H3,(H,33,34)/b12-7+,15-14+,24-19-. The van der Waals surface area contributed by atoms with Crippen molar-refractivity contribution >= 4 is 17.8 Å². The van der Waals surface area contributed by atoms with E-state index in [1.165, 1.54) is 13.2 Å². The predicted molar refractivity (Wildman–Crippen MR) is 154 cm³/mol. The molecular formula is C32H49NO8. The van der Waals surface area contributed by atoms with Gasteiger partial charge in [-0.3, -0.25) is 14.8 Å². The molecule has 0 saturated carbocycles. The van der Waals surface area contributed by atoms with Crippen LogP contribution in [-0.2, 0) is 33.3 Å². The maximum atomic E-state index is 13.2. The maximum Gasteiger partial charge on any atom is 0.330 e. The van der Waals surface area contributed by atoms with Gasteiger partial charge in [-0.2, -0.15) is 0 Å². The Hall–Kier alpha value is -2.49. The summed E-state index contributed by atoms with van der Waals surface area (Å²) in [6, 6.07) is 0. The smallest absolute Gasteiger partial charge is 0.330 e. The van der Waals surface area contributed by atoms with Gasteiger partial charge in [-0.05, 0) is 69.8 Å². The summed E-state index contributed by atoms with van der Waals surface area (Å²) in [6.07, 6.45) is 18.9. The van der Waals surface area contributed by atoms with Gasteiger partial charge in [0.15, 0.2) is 0 Å². The Kier molecular flexibility index (Phi) is 14.1. The minimum Gasteiger partial charge on any atom is -0.466 e. The number of methoxy groups -OCH3 is 1. The molecule has 3 aliphatic rings. The van der Waals surface area contributed by atoms with Crippen LogP contribution in [0.5, 0.6) is 0 Å². The van der Waals surface area contributed by atoms with Gasteiger partial charge < -0.3 is 18.9 Å². The van der Waals surface area contributed by atoms with E-state index in [0.29, 0.717) is 31.6 Å². The van der Waals surface area contributed by atoms with Crippen LogP contribution in [0.15, 0.2) is 36.0 Å².